The molecule has 1 aliphatic rings. The summed E-state index contributed by atoms with van der Waals surface area (Å²) in [5.74, 6) is 0.904. The van der Waals surface area contributed by atoms with Crippen LogP contribution in [0.2, 0.25) is 0 Å². The maximum absolute atomic E-state index is 13.8. The van der Waals surface area contributed by atoms with Crippen molar-refractivity contribution in [2.45, 2.75) is 12.6 Å². The molecule has 2 heterocycles. The van der Waals surface area contributed by atoms with Crippen molar-refractivity contribution in [3.8, 4) is 17.2 Å². The maximum Gasteiger partial charge on any atom is 0.421 e. The molecule has 1 amide bonds. The average Bonchev–Trinajstić information content (AvgIpc) is 2.96. The van der Waals surface area contributed by atoms with Crippen molar-refractivity contribution < 1.29 is 32.2 Å². The minimum atomic E-state index is -4.70. The van der Waals surface area contributed by atoms with Gasteiger partial charge in [-0.25, -0.2) is 4.98 Å². The Balaban J connectivity index is 1.34. The number of nitrogens with one attached hydrogen (secondary N) is 3. The molecule has 0 fully saturated rings. The van der Waals surface area contributed by atoms with Gasteiger partial charge in [-0.2, -0.15) is 18.2 Å². The van der Waals surface area contributed by atoms with Crippen molar-refractivity contribution >= 4 is 29.0 Å². The van der Waals surface area contributed by atoms with Crippen LogP contribution in [0.4, 0.5) is 36.3 Å². The Morgan fingerprint density at radius 1 is 0.927 bits per heavy atom. The van der Waals surface area contributed by atoms with Crippen molar-refractivity contribution in [3.63, 3.8) is 0 Å². The third-order valence-electron chi connectivity index (χ3n) is 6.04. The minimum absolute atomic E-state index is 0.0241. The fraction of sp³-hybridized carbons (Fsp3) is 0.207. The van der Waals surface area contributed by atoms with Crippen LogP contribution in [0, 0.1) is 0 Å². The molecule has 3 N–H and O–H groups in total. The van der Waals surface area contributed by atoms with Crippen molar-refractivity contribution in [1.82, 2.24) is 15.3 Å². The predicted molar refractivity (Wildman–Crippen MR) is 146 cm³/mol. The lowest BCUT2D eigenvalue weighted by Crippen LogP contribution is -2.24. The fourth-order valence-corrected chi connectivity index (χ4v) is 4.09. The Morgan fingerprint density at radius 3 is 2.44 bits per heavy atom. The zero-order valence-electron chi connectivity index (χ0n) is 21.9. The summed E-state index contributed by atoms with van der Waals surface area (Å²) in [5, 5.41) is 8.12. The number of carbonyl (C=O) groups excluding carboxylic acids is 1. The summed E-state index contributed by atoms with van der Waals surface area (Å²) in [6.45, 7) is 0.781. The second-order valence-corrected chi connectivity index (χ2v) is 9.05. The van der Waals surface area contributed by atoms with Crippen LogP contribution in [-0.4, -0.2) is 42.7 Å². The van der Waals surface area contributed by atoms with Gasteiger partial charge in [0.15, 0.2) is 18.1 Å². The van der Waals surface area contributed by atoms with E-state index in [-0.39, 0.29) is 24.1 Å². The van der Waals surface area contributed by atoms with Crippen molar-refractivity contribution in [2.24, 2.45) is 0 Å². The number of anilines is 4. The molecule has 0 atom stereocenters. The van der Waals surface area contributed by atoms with E-state index in [4.69, 9.17) is 14.2 Å². The number of hydrogen-bond acceptors (Lipinski definition) is 8. The molecule has 0 aliphatic carbocycles. The summed E-state index contributed by atoms with van der Waals surface area (Å²) in [6.07, 6.45) is -3.37. The molecule has 1 aromatic heterocycles. The maximum atomic E-state index is 13.8. The molecule has 0 saturated carbocycles. The predicted octanol–water partition coefficient (Wildman–Crippen LogP) is 5.47. The Morgan fingerprint density at radius 2 is 1.66 bits per heavy atom. The quantitative estimate of drug-likeness (QED) is 0.245. The van der Waals surface area contributed by atoms with Crippen LogP contribution >= 0.6 is 0 Å². The van der Waals surface area contributed by atoms with Crippen molar-refractivity contribution in [1.29, 1.82) is 0 Å². The van der Waals surface area contributed by atoms with Crippen LogP contribution in [0.3, 0.4) is 0 Å². The number of likely N-dealkylation sites (N-methyl/N-ethyl adjacent to an activating group) is 1. The van der Waals surface area contributed by atoms with Crippen LogP contribution in [0.25, 0.3) is 0 Å². The van der Waals surface area contributed by atoms with Crippen molar-refractivity contribution in [2.75, 3.05) is 37.5 Å². The van der Waals surface area contributed by atoms with E-state index < -0.39 is 17.6 Å². The highest BCUT2D eigenvalue weighted by atomic mass is 19.4. The molecule has 0 radical (unpaired) electrons. The van der Waals surface area contributed by atoms with Gasteiger partial charge < -0.3 is 30.2 Å². The number of alkyl halides is 3. The summed E-state index contributed by atoms with van der Waals surface area (Å²) in [6, 6.07) is 19.4. The SMILES string of the molecule is CNC(=O)COc1cccc(Nc2nc(Nc3cccc(Cc4ccc5c(c4)OCCO5)c3)ncc2C(F)(F)F)c1. The third-order valence-corrected chi connectivity index (χ3v) is 6.04. The number of benzene rings is 3. The van der Waals surface area contributed by atoms with E-state index in [1.165, 1.54) is 13.1 Å². The Kier molecular flexibility index (Phi) is 8.09. The number of aromatic nitrogens is 2. The van der Waals surface area contributed by atoms with Gasteiger partial charge in [0, 0.05) is 30.7 Å². The standard InChI is InChI=1S/C29H26F3N5O4/c1-33-26(38)17-41-22-7-3-6-21(15-22)35-27-23(29(30,31)32)16-34-28(37-27)36-20-5-2-4-18(13-20)12-19-8-9-24-25(14-19)40-11-10-39-24/h2-9,13-16H,10-12,17H2,1H3,(H,33,38)(H2,34,35,36,37). The summed E-state index contributed by atoms with van der Waals surface area (Å²) in [7, 11) is 1.47. The van der Waals surface area contributed by atoms with Crippen LogP contribution in [0.1, 0.15) is 16.7 Å². The van der Waals surface area contributed by atoms with E-state index in [1.807, 2.05) is 36.4 Å². The summed E-state index contributed by atoms with van der Waals surface area (Å²) in [4.78, 5) is 19.5. The highest BCUT2D eigenvalue weighted by molar-refractivity contribution is 5.77. The molecule has 212 valence electrons. The molecule has 0 bridgehead atoms. The second-order valence-electron chi connectivity index (χ2n) is 9.05. The molecule has 12 heteroatoms. The fourth-order valence-electron chi connectivity index (χ4n) is 4.09. The van der Waals surface area contributed by atoms with Gasteiger partial charge in [-0.1, -0.05) is 24.3 Å². The smallest absolute Gasteiger partial charge is 0.421 e. The van der Waals surface area contributed by atoms with Crippen LogP contribution in [0.5, 0.6) is 17.2 Å². The molecular weight excluding hydrogens is 539 g/mol. The van der Waals surface area contributed by atoms with E-state index in [2.05, 4.69) is 25.9 Å². The van der Waals surface area contributed by atoms with Gasteiger partial charge in [0.2, 0.25) is 5.95 Å². The number of nitrogens with zero attached hydrogens (tertiary/aromatic N) is 2. The van der Waals surface area contributed by atoms with Gasteiger partial charge in [-0.3, -0.25) is 4.79 Å². The molecule has 4 aromatic rings. The number of carbonyl (C=O) groups is 1. The molecule has 0 saturated heterocycles. The van der Waals surface area contributed by atoms with E-state index in [9.17, 15) is 18.0 Å². The molecule has 3 aromatic carbocycles. The minimum Gasteiger partial charge on any atom is -0.486 e. The molecule has 1 aliphatic heterocycles. The van der Waals surface area contributed by atoms with Crippen LogP contribution in [0.15, 0.2) is 72.9 Å². The highest BCUT2D eigenvalue weighted by Gasteiger charge is 2.35. The molecule has 5 rings (SSSR count). The monoisotopic (exact) mass is 565 g/mol. The number of rotatable bonds is 9. The van der Waals surface area contributed by atoms with Gasteiger partial charge in [-0.05, 0) is 53.9 Å². The number of halogens is 3. The normalized spacial score (nSPS) is 12.4. The van der Waals surface area contributed by atoms with E-state index in [0.717, 1.165) is 17.3 Å². The summed E-state index contributed by atoms with van der Waals surface area (Å²) < 4.78 is 58.0. The topological polar surface area (TPSA) is 107 Å². The first-order valence-corrected chi connectivity index (χ1v) is 12.7. The van der Waals surface area contributed by atoms with Gasteiger partial charge in [-0.15, -0.1) is 0 Å². The Bertz CT molecular complexity index is 1550. The van der Waals surface area contributed by atoms with E-state index in [1.54, 1.807) is 24.3 Å². The summed E-state index contributed by atoms with van der Waals surface area (Å²) >= 11 is 0. The highest BCUT2D eigenvalue weighted by Crippen LogP contribution is 2.36. The van der Waals surface area contributed by atoms with Gasteiger partial charge >= 0.3 is 6.18 Å². The van der Waals surface area contributed by atoms with Gasteiger partial charge in [0.1, 0.15) is 30.3 Å². The lowest BCUT2D eigenvalue weighted by Gasteiger charge is -2.19. The third kappa shape index (κ3) is 7.15. The lowest BCUT2D eigenvalue weighted by molar-refractivity contribution is -0.137. The molecule has 0 spiro atoms. The zero-order valence-corrected chi connectivity index (χ0v) is 21.9. The van der Waals surface area contributed by atoms with Gasteiger partial charge in [0.05, 0.1) is 0 Å². The molecule has 9 nitrogen and oxygen atoms in total. The second kappa shape index (κ2) is 12.0. The van der Waals surface area contributed by atoms with E-state index in [0.29, 0.717) is 42.6 Å². The number of fused-ring (bicyclic) bond motifs is 1. The molecule has 0 unspecified atom stereocenters. The molecule has 41 heavy (non-hydrogen) atoms. The van der Waals surface area contributed by atoms with Crippen molar-refractivity contribution in [3.05, 3.63) is 89.6 Å². The first-order valence-electron chi connectivity index (χ1n) is 12.7. The first kappa shape index (κ1) is 27.6. The van der Waals surface area contributed by atoms with Gasteiger partial charge in [0.25, 0.3) is 5.91 Å². The Hall–Kier alpha value is -5.00. The Labute approximate surface area is 233 Å². The largest absolute Gasteiger partial charge is 0.486 e. The van der Waals surface area contributed by atoms with Crippen LogP contribution < -0.4 is 30.2 Å². The number of ether oxygens (including phenoxy) is 3. The van der Waals surface area contributed by atoms with Crippen LogP contribution in [-0.2, 0) is 17.4 Å². The molecular formula is C29H26F3N5O4. The average molecular weight is 566 g/mol. The van der Waals surface area contributed by atoms with E-state index >= 15 is 0 Å². The zero-order chi connectivity index (χ0) is 28.8. The first-order chi connectivity index (χ1) is 19.8. The lowest BCUT2D eigenvalue weighted by atomic mass is 10.0. The number of amides is 1. The number of hydrogen-bond donors (Lipinski definition) is 3. The summed E-state index contributed by atoms with van der Waals surface area (Å²) in [5.41, 5.74) is 1.84.